The van der Waals surface area contributed by atoms with Gasteiger partial charge in [-0.2, -0.15) is 0 Å². The maximum Gasteiger partial charge on any atom is 0.426 e. The van der Waals surface area contributed by atoms with Crippen LogP contribution in [0.5, 0.6) is 0 Å². The number of nitrogens with zero attached hydrogens (tertiary/aromatic N) is 3. The topological polar surface area (TPSA) is 58.7 Å². The minimum atomic E-state index is -0.585. The summed E-state index contributed by atoms with van der Waals surface area (Å²) in [5.41, 5.74) is 5.74. The molecule has 1 aliphatic rings. The third-order valence-electron chi connectivity index (χ3n) is 9.03. The molecule has 0 amide bonds. The molecule has 6 nitrogen and oxygen atoms in total. The Morgan fingerprint density at radius 3 is 2.21 bits per heavy atom. The van der Waals surface area contributed by atoms with Crippen LogP contribution in [0.1, 0.15) is 81.5 Å². The number of allylic oxidation sites excluding steroid dienone is 6. The molecule has 0 unspecified atom stereocenters. The summed E-state index contributed by atoms with van der Waals surface area (Å²) in [6.45, 7) is 6.50. The van der Waals surface area contributed by atoms with Crippen molar-refractivity contribution in [2.24, 2.45) is 0 Å². The quantitative estimate of drug-likeness (QED) is 0.0845. The number of oxazole rings is 1. The first-order valence-electron chi connectivity index (χ1n) is 17.9. The first-order chi connectivity index (χ1) is 23.6. The van der Waals surface area contributed by atoms with Crippen molar-refractivity contribution in [1.82, 2.24) is 9.47 Å². The molecule has 1 aromatic heterocycles. The van der Waals surface area contributed by atoms with Gasteiger partial charge in [0.2, 0.25) is 5.91 Å². The summed E-state index contributed by atoms with van der Waals surface area (Å²) >= 11 is 0. The summed E-state index contributed by atoms with van der Waals surface area (Å²) < 4.78 is 6.97. The van der Waals surface area contributed by atoms with Gasteiger partial charge in [0.15, 0.2) is 5.58 Å². The summed E-state index contributed by atoms with van der Waals surface area (Å²) in [7, 11) is 0. The molecule has 0 aliphatic carbocycles. The van der Waals surface area contributed by atoms with Gasteiger partial charge >= 0.3 is 5.76 Å². The minimum Gasteiger partial charge on any atom is -0.405 e. The zero-order valence-electron chi connectivity index (χ0n) is 28.6. The third kappa shape index (κ3) is 10.0. The second-order valence-corrected chi connectivity index (χ2v) is 12.7. The minimum absolute atomic E-state index is 0.181. The molecule has 0 N–H and O–H groups in total. The molecule has 0 bridgehead atoms. The molecule has 1 fully saturated rings. The van der Waals surface area contributed by atoms with E-state index in [0.717, 1.165) is 96.2 Å². The Labute approximate surface area is 286 Å². The fourth-order valence-electron chi connectivity index (χ4n) is 6.40. The predicted molar refractivity (Wildman–Crippen MR) is 200 cm³/mol. The van der Waals surface area contributed by atoms with E-state index in [4.69, 9.17) is 4.42 Å². The van der Waals surface area contributed by atoms with Crippen LogP contribution < -0.4 is 10.7 Å². The van der Waals surface area contributed by atoms with E-state index < -0.39 is 5.76 Å². The molecule has 0 saturated carbocycles. The van der Waals surface area contributed by atoms with Gasteiger partial charge in [-0.3, -0.25) is 9.69 Å². The van der Waals surface area contributed by atoms with Gasteiger partial charge in [-0.15, -0.1) is 0 Å². The van der Waals surface area contributed by atoms with E-state index in [1.165, 1.54) is 21.3 Å². The summed E-state index contributed by atoms with van der Waals surface area (Å²) in [5.74, 6) is -0.766. The third-order valence-corrected chi connectivity index (χ3v) is 9.03. The number of hydrogen-bond donors (Lipinski definition) is 0. The summed E-state index contributed by atoms with van der Waals surface area (Å²) in [6, 6.07) is 25.0. The molecule has 1 saturated heterocycles. The second kappa shape index (κ2) is 18.8. The highest BCUT2D eigenvalue weighted by Crippen LogP contribution is 2.28. The highest BCUT2D eigenvalue weighted by molar-refractivity contribution is 5.94. The maximum atomic E-state index is 13.2. The van der Waals surface area contributed by atoms with Gasteiger partial charge < -0.3 is 9.32 Å². The van der Waals surface area contributed by atoms with Gasteiger partial charge in [-0.1, -0.05) is 117 Å². The molecule has 6 heteroatoms. The van der Waals surface area contributed by atoms with Gasteiger partial charge in [-0.25, -0.2) is 9.36 Å². The van der Waals surface area contributed by atoms with E-state index in [2.05, 4.69) is 102 Å². The molecular weight excluding hydrogens is 594 g/mol. The van der Waals surface area contributed by atoms with E-state index in [0.29, 0.717) is 17.5 Å². The average molecular weight is 646 g/mol. The van der Waals surface area contributed by atoms with Crippen molar-refractivity contribution in [3.63, 3.8) is 0 Å². The number of fused-ring (bicyclic) bond motifs is 1. The lowest BCUT2D eigenvalue weighted by atomic mass is 10.0. The van der Waals surface area contributed by atoms with Crippen LogP contribution in [-0.4, -0.2) is 41.6 Å². The van der Waals surface area contributed by atoms with E-state index in [9.17, 15) is 9.59 Å². The molecule has 0 radical (unpaired) electrons. The lowest BCUT2D eigenvalue weighted by molar-refractivity contribution is 0.0895. The van der Waals surface area contributed by atoms with E-state index in [1.807, 2.05) is 24.3 Å². The number of carbonyl (C=O) groups is 1. The Balaban J connectivity index is 1.05. The first-order valence-corrected chi connectivity index (χ1v) is 17.9. The number of benzene rings is 3. The number of piperazine rings is 1. The highest BCUT2D eigenvalue weighted by atomic mass is 16.4. The second-order valence-electron chi connectivity index (χ2n) is 12.7. The van der Waals surface area contributed by atoms with Crippen LogP contribution >= 0.6 is 0 Å². The Bertz CT molecular complexity index is 1720. The molecule has 48 heavy (non-hydrogen) atoms. The number of rotatable bonds is 17. The van der Waals surface area contributed by atoms with Gasteiger partial charge in [0.25, 0.3) is 0 Å². The lowest BCUT2D eigenvalue weighted by Crippen LogP contribution is -2.46. The number of unbranched alkanes of at least 4 members (excludes halogenated alkanes) is 5. The standard InChI is InChI=1S/C42H51N3O3/c1-2-3-4-5-6-7-8-9-10-11-12-13-14-15-19-28-40(46)45-39-27-21-26-38(41(39)48-42(45)47)44-31-29-43(30-32-44)34-35-22-20-25-37(33-35)36-23-17-16-18-24-36/h3-4,6-7,9-10,16-18,20-27,33H,2,5,8,11-15,19,28-32,34H2,1H3. The highest BCUT2D eigenvalue weighted by Gasteiger charge is 2.23. The first kappa shape index (κ1) is 34.9. The fraction of sp³-hybridized carbons (Fsp3) is 0.381. The number of aromatic nitrogens is 1. The normalized spacial score (nSPS) is 14.3. The summed E-state index contributed by atoms with van der Waals surface area (Å²) in [5, 5.41) is 0. The molecule has 3 aromatic carbocycles. The molecular formula is C42H51N3O3. The fourth-order valence-corrected chi connectivity index (χ4v) is 6.40. The van der Waals surface area contributed by atoms with Gasteiger partial charge in [0.1, 0.15) is 5.52 Å². The van der Waals surface area contributed by atoms with E-state index >= 15 is 0 Å². The van der Waals surface area contributed by atoms with Crippen LogP contribution in [0.25, 0.3) is 22.2 Å². The van der Waals surface area contributed by atoms with Crippen LogP contribution in [0, 0.1) is 0 Å². The smallest absolute Gasteiger partial charge is 0.405 e. The Hall–Kier alpha value is -4.42. The Kier molecular flexibility index (Phi) is 13.7. The van der Waals surface area contributed by atoms with Crippen molar-refractivity contribution in [3.8, 4) is 11.1 Å². The monoisotopic (exact) mass is 645 g/mol. The van der Waals surface area contributed by atoms with Crippen LogP contribution in [0.15, 0.2) is 118 Å². The van der Waals surface area contributed by atoms with Gasteiger partial charge in [-0.05, 0) is 73.4 Å². The SMILES string of the molecule is CCC=CCC=CCC=CCCCCCCCC(=O)n1c(=O)oc2c(N3CCN(Cc4cccc(-c5ccccc5)c4)CC3)cccc21. The van der Waals surface area contributed by atoms with Crippen molar-refractivity contribution in [3.05, 3.63) is 125 Å². The van der Waals surface area contributed by atoms with Gasteiger partial charge in [0, 0.05) is 39.1 Å². The number of hydrogen-bond acceptors (Lipinski definition) is 5. The molecule has 0 spiro atoms. The van der Waals surface area contributed by atoms with E-state index in [1.54, 1.807) is 0 Å². The Morgan fingerprint density at radius 1 is 0.729 bits per heavy atom. The van der Waals surface area contributed by atoms with Crippen molar-refractivity contribution >= 4 is 22.7 Å². The molecule has 1 aliphatic heterocycles. The summed E-state index contributed by atoms with van der Waals surface area (Å²) in [4.78, 5) is 30.8. The number of carbonyl (C=O) groups excluding carboxylic acids is 1. The predicted octanol–water partition coefficient (Wildman–Crippen LogP) is 9.81. The van der Waals surface area contributed by atoms with Crippen LogP contribution in [0.3, 0.4) is 0 Å². The van der Waals surface area contributed by atoms with Crippen molar-refractivity contribution in [2.75, 3.05) is 31.1 Å². The van der Waals surface area contributed by atoms with Crippen LogP contribution in [0.4, 0.5) is 5.69 Å². The number of anilines is 1. The summed E-state index contributed by atoms with van der Waals surface area (Å²) in [6.07, 6.45) is 23.1. The van der Waals surface area contributed by atoms with Gasteiger partial charge in [0.05, 0.1) is 5.69 Å². The largest absolute Gasteiger partial charge is 0.426 e. The molecule has 5 rings (SSSR count). The molecule has 0 atom stereocenters. The van der Waals surface area contributed by atoms with Crippen LogP contribution in [-0.2, 0) is 6.54 Å². The van der Waals surface area contributed by atoms with Crippen molar-refractivity contribution in [2.45, 2.75) is 77.7 Å². The maximum absolute atomic E-state index is 13.2. The zero-order chi connectivity index (χ0) is 33.4. The number of para-hydroxylation sites is 1. The average Bonchev–Trinajstić information content (AvgIpc) is 3.46. The van der Waals surface area contributed by atoms with Crippen molar-refractivity contribution in [1.29, 1.82) is 0 Å². The van der Waals surface area contributed by atoms with E-state index in [-0.39, 0.29) is 5.91 Å². The Morgan fingerprint density at radius 2 is 1.42 bits per heavy atom. The lowest BCUT2D eigenvalue weighted by Gasteiger charge is -2.36. The van der Waals surface area contributed by atoms with Crippen molar-refractivity contribution < 1.29 is 9.21 Å². The van der Waals surface area contributed by atoms with Crippen LogP contribution in [0.2, 0.25) is 0 Å². The molecule has 2 heterocycles. The molecule has 4 aromatic rings. The molecule has 252 valence electrons. The zero-order valence-corrected chi connectivity index (χ0v) is 28.6.